The fourth-order valence-corrected chi connectivity index (χ4v) is 1.66. The van der Waals surface area contributed by atoms with Crippen molar-refractivity contribution in [2.24, 2.45) is 11.8 Å². The molecule has 0 heterocycles. The van der Waals surface area contributed by atoms with E-state index in [-0.39, 0.29) is 17.6 Å². The Kier molecular flexibility index (Phi) is 2.30. The smallest absolute Gasteiger partial charge is 0.135 e. The lowest BCUT2D eigenvalue weighted by Crippen LogP contribution is -2.30. The van der Waals surface area contributed by atoms with Crippen molar-refractivity contribution in [3.8, 4) is 0 Å². The van der Waals surface area contributed by atoms with Crippen LogP contribution in [0.25, 0.3) is 0 Å². The Morgan fingerprint density at radius 2 is 1.91 bits per heavy atom. The fraction of sp³-hybridized carbons (Fsp3) is 0.875. The van der Waals surface area contributed by atoms with Crippen molar-refractivity contribution in [3.05, 3.63) is 0 Å². The monoisotopic (exact) mass is 158 g/mol. The maximum Gasteiger partial charge on any atom is 0.135 e. The third-order valence-corrected chi connectivity index (χ3v) is 2.49. The lowest BCUT2D eigenvalue weighted by molar-refractivity contribution is -0.124. The van der Waals surface area contributed by atoms with E-state index in [1.807, 2.05) is 6.92 Å². The Morgan fingerprint density at radius 3 is 2.09 bits per heavy atom. The number of Topliss-reactive ketones (excluding diaryl/α,β-unsaturated/α-hetero) is 1. The molecule has 0 aromatic rings. The van der Waals surface area contributed by atoms with Crippen LogP contribution in [0.5, 0.6) is 0 Å². The van der Waals surface area contributed by atoms with Crippen LogP contribution in [0.15, 0.2) is 0 Å². The predicted molar refractivity (Wildman–Crippen MR) is 40.0 cm³/mol. The molecular formula is C8H14O3. The maximum atomic E-state index is 10.9. The number of aliphatic hydroxyl groups excluding tert-OH is 2. The minimum atomic E-state index is -0.845. The number of hydrogen-bond acceptors (Lipinski definition) is 3. The van der Waals surface area contributed by atoms with E-state index >= 15 is 0 Å². The first-order valence-electron chi connectivity index (χ1n) is 3.90. The maximum absolute atomic E-state index is 10.9. The van der Waals surface area contributed by atoms with Gasteiger partial charge in [-0.1, -0.05) is 6.92 Å². The fourth-order valence-electron chi connectivity index (χ4n) is 1.66. The van der Waals surface area contributed by atoms with Gasteiger partial charge in [0.05, 0.1) is 12.2 Å². The molecule has 0 bridgehead atoms. The molecule has 0 aromatic carbocycles. The average molecular weight is 158 g/mol. The van der Waals surface area contributed by atoms with Gasteiger partial charge in [-0.3, -0.25) is 4.79 Å². The van der Waals surface area contributed by atoms with Crippen LogP contribution in [0.4, 0.5) is 0 Å². The molecular weight excluding hydrogens is 144 g/mol. The van der Waals surface area contributed by atoms with E-state index in [1.165, 1.54) is 6.92 Å². The number of carbonyl (C=O) groups excluding carboxylic acids is 1. The molecule has 1 rings (SSSR count). The number of aliphatic hydroxyl groups is 2. The molecule has 0 amide bonds. The molecule has 0 spiro atoms. The molecule has 0 saturated heterocycles. The molecule has 11 heavy (non-hydrogen) atoms. The van der Waals surface area contributed by atoms with Gasteiger partial charge in [0.15, 0.2) is 0 Å². The average Bonchev–Trinajstić information content (AvgIpc) is 2.17. The zero-order chi connectivity index (χ0) is 8.59. The molecule has 0 radical (unpaired) electrons. The van der Waals surface area contributed by atoms with Crippen LogP contribution in [0.3, 0.4) is 0 Å². The van der Waals surface area contributed by atoms with Crippen LogP contribution in [0.1, 0.15) is 20.3 Å². The second kappa shape index (κ2) is 2.91. The first-order valence-corrected chi connectivity index (χ1v) is 3.90. The summed E-state index contributed by atoms with van der Waals surface area (Å²) in [6.45, 7) is 3.30. The number of rotatable bonds is 1. The zero-order valence-corrected chi connectivity index (χ0v) is 6.82. The van der Waals surface area contributed by atoms with E-state index in [0.717, 1.165) is 0 Å². The highest BCUT2D eigenvalue weighted by atomic mass is 16.3. The van der Waals surface area contributed by atoms with Crippen LogP contribution in [0, 0.1) is 11.8 Å². The highest BCUT2D eigenvalue weighted by Crippen LogP contribution is 2.31. The summed E-state index contributed by atoms with van der Waals surface area (Å²) in [5.41, 5.74) is 0. The van der Waals surface area contributed by atoms with Gasteiger partial charge < -0.3 is 10.2 Å². The van der Waals surface area contributed by atoms with Crippen LogP contribution in [0.2, 0.25) is 0 Å². The van der Waals surface area contributed by atoms with Gasteiger partial charge in [0, 0.05) is 5.92 Å². The third kappa shape index (κ3) is 1.44. The largest absolute Gasteiger partial charge is 0.390 e. The highest BCUT2D eigenvalue weighted by molar-refractivity contribution is 5.79. The summed E-state index contributed by atoms with van der Waals surface area (Å²) in [5.74, 6) is -0.334. The molecule has 1 saturated carbocycles. The molecule has 3 nitrogen and oxygen atoms in total. The topological polar surface area (TPSA) is 57.5 Å². The highest BCUT2D eigenvalue weighted by Gasteiger charge is 2.40. The first kappa shape index (κ1) is 8.68. The molecule has 0 aliphatic heterocycles. The summed E-state index contributed by atoms with van der Waals surface area (Å²) in [5, 5.41) is 18.6. The SMILES string of the molecule is CC(=O)C1CC(C)[C@H](O)[C@@H]1O. The van der Waals surface area contributed by atoms with Crippen molar-refractivity contribution >= 4 is 5.78 Å². The Hall–Kier alpha value is -0.410. The van der Waals surface area contributed by atoms with Gasteiger partial charge in [0.25, 0.3) is 0 Å². The molecule has 3 heteroatoms. The lowest BCUT2D eigenvalue weighted by atomic mass is 10.0. The Balaban J connectivity index is 2.67. The molecule has 2 unspecified atom stereocenters. The second-order valence-corrected chi connectivity index (χ2v) is 3.41. The van der Waals surface area contributed by atoms with Crippen LogP contribution < -0.4 is 0 Å². The Labute approximate surface area is 66.0 Å². The van der Waals surface area contributed by atoms with E-state index in [9.17, 15) is 15.0 Å². The molecule has 0 aromatic heterocycles. The molecule has 1 fully saturated rings. The van der Waals surface area contributed by atoms with Gasteiger partial charge in [-0.05, 0) is 19.3 Å². The van der Waals surface area contributed by atoms with Gasteiger partial charge in [0.1, 0.15) is 5.78 Å². The van der Waals surface area contributed by atoms with Gasteiger partial charge in [0.2, 0.25) is 0 Å². The number of hydrogen-bond donors (Lipinski definition) is 2. The normalized spacial score (nSPS) is 44.4. The van der Waals surface area contributed by atoms with Gasteiger partial charge in [-0.15, -0.1) is 0 Å². The minimum Gasteiger partial charge on any atom is -0.390 e. The van der Waals surface area contributed by atoms with E-state index < -0.39 is 12.2 Å². The van der Waals surface area contributed by atoms with Crippen LogP contribution in [-0.2, 0) is 4.79 Å². The van der Waals surface area contributed by atoms with Gasteiger partial charge in [-0.2, -0.15) is 0 Å². The Morgan fingerprint density at radius 1 is 1.36 bits per heavy atom. The zero-order valence-electron chi connectivity index (χ0n) is 6.82. The number of ketones is 1. The van der Waals surface area contributed by atoms with E-state index in [1.54, 1.807) is 0 Å². The van der Waals surface area contributed by atoms with Crippen molar-refractivity contribution in [1.82, 2.24) is 0 Å². The summed E-state index contributed by atoms with van der Waals surface area (Å²) in [4.78, 5) is 10.9. The van der Waals surface area contributed by atoms with E-state index in [2.05, 4.69) is 0 Å². The second-order valence-electron chi connectivity index (χ2n) is 3.41. The lowest BCUT2D eigenvalue weighted by Gasteiger charge is -2.13. The van der Waals surface area contributed by atoms with Crippen LogP contribution >= 0.6 is 0 Å². The predicted octanol–water partition coefficient (Wildman–Crippen LogP) is -0.0468. The van der Waals surface area contributed by atoms with Gasteiger partial charge in [-0.25, -0.2) is 0 Å². The van der Waals surface area contributed by atoms with Crippen molar-refractivity contribution < 1.29 is 15.0 Å². The number of carbonyl (C=O) groups is 1. The summed E-state index contributed by atoms with van der Waals surface area (Å²) in [6, 6.07) is 0. The summed E-state index contributed by atoms with van der Waals surface area (Å²) < 4.78 is 0. The van der Waals surface area contributed by atoms with Crippen molar-refractivity contribution in [1.29, 1.82) is 0 Å². The standard InChI is InChI=1S/C8H14O3/c1-4-3-6(5(2)9)8(11)7(4)10/h4,6-8,10-11H,3H2,1-2H3/t4?,6?,7-,8+/m0/s1. The van der Waals surface area contributed by atoms with Crippen LogP contribution in [-0.4, -0.2) is 28.2 Å². The molecule has 1 aliphatic rings. The molecule has 1 aliphatic carbocycles. The Bertz CT molecular complexity index is 167. The van der Waals surface area contributed by atoms with Crippen molar-refractivity contribution in [2.45, 2.75) is 32.5 Å². The van der Waals surface area contributed by atoms with E-state index in [4.69, 9.17) is 0 Å². The first-order chi connectivity index (χ1) is 5.04. The summed E-state index contributed by atoms with van der Waals surface area (Å²) in [6.07, 6.45) is -0.955. The van der Waals surface area contributed by atoms with Crippen molar-refractivity contribution in [2.75, 3.05) is 0 Å². The molecule has 64 valence electrons. The third-order valence-electron chi connectivity index (χ3n) is 2.49. The minimum absolute atomic E-state index is 0.0269. The molecule has 4 atom stereocenters. The van der Waals surface area contributed by atoms with Gasteiger partial charge >= 0.3 is 0 Å². The van der Waals surface area contributed by atoms with Crippen molar-refractivity contribution in [3.63, 3.8) is 0 Å². The molecule has 2 N–H and O–H groups in total. The van der Waals surface area contributed by atoms with E-state index in [0.29, 0.717) is 6.42 Å². The summed E-state index contributed by atoms with van der Waals surface area (Å²) in [7, 11) is 0. The summed E-state index contributed by atoms with van der Waals surface area (Å²) >= 11 is 0. The quantitative estimate of drug-likeness (QED) is 0.562.